The Labute approximate surface area is 208 Å². The first kappa shape index (κ1) is 24.9. The largest absolute Gasteiger partial charge is 0.494 e. The van der Waals surface area contributed by atoms with E-state index in [0.29, 0.717) is 5.56 Å². The SMILES string of the molecule is COC1=CC(C#N)(C2(c3ccc(OS(C)(=O)=O)cc3)N=C(N)N(C)C2=O)CC(c2ccccc2)=C1F. The number of ether oxygens (including phenoxy) is 1. The molecule has 1 heterocycles. The molecule has 2 unspecified atom stereocenters. The summed E-state index contributed by atoms with van der Waals surface area (Å²) in [5, 5.41) is 10.6. The number of hydrogen-bond donors (Lipinski definition) is 1. The van der Waals surface area contributed by atoms with Crippen molar-refractivity contribution < 1.29 is 26.5 Å². The molecule has 2 atom stereocenters. The van der Waals surface area contributed by atoms with Gasteiger partial charge in [-0.15, -0.1) is 0 Å². The summed E-state index contributed by atoms with van der Waals surface area (Å²) in [6.07, 6.45) is 1.95. The fourth-order valence-corrected chi connectivity index (χ4v) is 5.01. The Morgan fingerprint density at radius 1 is 1.17 bits per heavy atom. The molecule has 0 radical (unpaired) electrons. The van der Waals surface area contributed by atoms with Crippen molar-refractivity contribution in [3.63, 3.8) is 0 Å². The molecule has 0 aromatic heterocycles. The van der Waals surface area contributed by atoms with Crippen molar-refractivity contribution in [3.8, 4) is 11.8 Å². The second-order valence-corrected chi connectivity index (χ2v) is 10.1. The molecule has 0 saturated carbocycles. The summed E-state index contributed by atoms with van der Waals surface area (Å²) >= 11 is 0. The standard InChI is InChI=1S/C25H23FN4O5S/c1-30-22(31)25(29-23(30)28,17-9-11-18(12-10-17)35-36(3,32)33)24(15-27)13-19(16-7-5-4-6-8-16)21(26)20(14-24)34-2/h4-12,14H,13H2,1-3H3,(H2,28,29). The molecule has 0 fully saturated rings. The number of rotatable bonds is 6. The first-order valence-corrected chi connectivity index (χ1v) is 12.6. The number of nitrogens with two attached hydrogens (primary N) is 1. The van der Waals surface area contributed by atoms with Crippen LogP contribution in [0.2, 0.25) is 0 Å². The fourth-order valence-electron chi connectivity index (χ4n) is 4.55. The van der Waals surface area contributed by atoms with Gasteiger partial charge >= 0.3 is 10.1 Å². The first-order chi connectivity index (χ1) is 17.0. The van der Waals surface area contributed by atoms with E-state index in [4.69, 9.17) is 14.7 Å². The molecule has 9 nitrogen and oxygen atoms in total. The molecule has 1 amide bonds. The molecule has 36 heavy (non-hydrogen) atoms. The molecule has 2 aliphatic rings. The molecule has 0 spiro atoms. The third-order valence-corrected chi connectivity index (χ3v) is 6.76. The zero-order chi connectivity index (χ0) is 26.3. The van der Waals surface area contributed by atoms with Crippen LogP contribution in [0.5, 0.6) is 5.75 Å². The molecule has 1 aliphatic carbocycles. The lowest BCUT2D eigenvalue weighted by Crippen LogP contribution is -2.51. The van der Waals surface area contributed by atoms with E-state index in [-0.39, 0.29) is 35.0 Å². The molecule has 2 aromatic rings. The third-order valence-electron chi connectivity index (χ3n) is 6.26. The summed E-state index contributed by atoms with van der Waals surface area (Å²) in [6, 6.07) is 16.4. The normalized spacial score (nSPS) is 24.2. The van der Waals surface area contributed by atoms with Gasteiger partial charge in [0.2, 0.25) is 0 Å². The highest BCUT2D eigenvalue weighted by atomic mass is 32.2. The van der Waals surface area contributed by atoms with E-state index in [0.717, 1.165) is 11.2 Å². The van der Waals surface area contributed by atoms with Gasteiger partial charge in [0.15, 0.2) is 23.1 Å². The van der Waals surface area contributed by atoms with Gasteiger partial charge in [0.25, 0.3) is 5.91 Å². The van der Waals surface area contributed by atoms with Gasteiger partial charge in [0, 0.05) is 19.0 Å². The Morgan fingerprint density at radius 3 is 2.31 bits per heavy atom. The molecule has 2 aromatic carbocycles. The fraction of sp³-hybridized carbons (Fsp3) is 0.240. The molecule has 4 rings (SSSR count). The van der Waals surface area contributed by atoms with E-state index in [1.54, 1.807) is 30.3 Å². The molecular formula is C25H23FN4O5S. The molecule has 0 bridgehead atoms. The number of nitriles is 1. The van der Waals surface area contributed by atoms with Crippen molar-refractivity contribution in [1.82, 2.24) is 4.90 Å². The molecule has 2 N–H and O–H groups in total. The third kappa shape index (κ3) is 3.89. The van der Waals surface area contributed by atoms with E-state index in [2.05, 4.69) is 11.1 Å². The van der Waals surface area contributed by atoms with Crippen LogP contribution < -0.4 is 9.92 Å². The summed E-state index contributed by atoms with van der Waals surface area (Å²) in [4.78, 5) is 19.4. The monoisotopic (exact) mass is 510 g/mol. The van der Waals surface area contributed by atoms with Crippen LogP contribution in [-0.4, -0.2) is 45.6 Å². The molecule has 1 aliphatic heterocycles. The lowest BCUT2D eigenvalue weighted by Gasteiger charge is -2.41. The highest BCUT2D eigenvalue weighted by Gasteiger charge is 2.63. The summed E-state index contributed by atoms with van der Waals surface area (Å²) in [7, 11) is -1.10. The lowest BCUT2D eigenvalue weighted by molar-refractivity contribution is -0.133. The van der Waals surface area contributed by atoms with Crippen molar-refractivity contribution in [2.24, 2.45) is 16.1 Å². The zero-order valence-electron chi connectivity index (χ0n) is 19.7. The number of carbonyl (C=O) groups excluding carboxylic acids is 1. The van der Waals surface area contributed by atoms with Gasteiger partial charge in [-0.2, -0.15) is 13.7 Å². The predicted octanol–water partition coefficient (Wildman–Crippen LogP) is 2.83. The average Bonchev–Trinajstić information content (AvgIpc) is 3.09. The number of halogens is 1. The summed E-state index contributed by atoms with van der Waals surface area (Å²) in [5.41, 5.74) is 3.30. The summed E-state index contributed by atoms with van der Waals surface area (Å²) < 4.78 is 48.8. The van der Waals surface area contributed by atoms with Gasteiger partial charge in [-0.05, 0) is 29.3 Å². The summed E-state index contributed by atoms with van der Waals surface area (Å²) in [6.45, 7) is 0. The average molecular weight is 511 g/mol. The highest BCUT2D eigenvalue weighted by molar-refractivity contribution is 7.86. The number of methoxy groups -OCH3 is 1. The van der Waals surface area contributed by atoms with Crippen LogP contribution in [0.4, 0.5) is 4.39 Å². The number of guanidine groups is 1. The minimum absolute atomic E-state index is 0.00541. The van der Waals surface area contributed by atoms with Crippen molar-refractivity contribution in [2.75, 3.05) is 20.4 Å². The van der Waals surface area contributed by atoms with Gasteiger partial charge < -0.3 is 14.7 Å². The minimum Gasteiger partial charge on any atom is -0.494 e. The number of aliphatic imine (C=N–C) groups is 1. The number of allylic oxidation sites excluding steroid dienone is 2. The lowest BCUT2D eigenvalue weighted by atomic mass is 9.61. The number of carbonyl (C=O) groups is 1. The Bertz CT molecular complexity index is 1460. The maximum Gasteiger partial charge on any atom is 0.306 e. The quantitative estimate of drug-likeness (QED) is 0.591. The summed E-state index contributed by atoms with van der Waals surface area (Å²) in [5.74, 6) is -1.60. The van der Waals surface area contributed by atoms with E-state index >= 15 is 4.39 Å². The number of hydrogen-bond acceptors (Lipinski definition) is 8. The Morgan fingerprint density at radius 2 is 1.81 bits per heavy atom. The Hall–Kier alpha value is -4.17. The van der Waals surface area contributed by atoms with Crippen LogP contribution in [0.15, 0.2) is 77.3 Å². The number of likely N-dealkylation sites (N-methyl/N-ethyl adjacent to an activating group) is 1. The second-order valence-electron chi connectivity index (χ2n) is 8.49. The van der Waals surface area contributed by atoms with Crippen LogP contribution in [-0.2, 0) is 25.2 Å². The molecular weight excluding hydrogens is 487 g/mol. The van der Waals surface area contributed by atoms with Gasteiger partial charge in [-0.25, -0.2) is 9.38 Å². The maximum atomic E-state index is 15.5. The Balaban J connectivity index is 1.97. The number of nitrogens with zero attached hydrogens (tertiary/aromatic N) is 3. The van der Waals surface area contributed by atoms with Crippen molar-refractivity contribution >= 4 is 27.6 Å². The smallest absolute Gasteiger partial charge is 0.306 e. The van der Waals surface area contributed by atoms with Crippen molar-refractivity contribution in [3.05, 3.63) is 83.4 Å². The van der Waals surface area contributed by atoms with Crippen molar-refractivity contribution in [2.45, 2.75) is 12.0 Å². The minimum atomic E-state index is -3.79. The maximum absolute atomic E-state index is 15.5. The predicted molar refractivity (Wildman–Crippen MR) is 130 cm³/mol. The molecule has 186 valence electrons. The van der Waals surface area contributed by atoms with Gasteiger partial charge in [-0.1, -0.05) is 42.5 Å². The van der Waals surface area contributed by atoms with E-state index in [9.17, 15) is 18.5 Å². The van der Waals surface area contributed by atoms with Gasteiger partial charge in [0.1, 0.15) is 11.2 Å². The van der Waals surface area contributed by atoms with Gasteiger partial charge in [-0.3, -0.25) is 9.69 Å². The van der Waals surface area contributed by atoms with Crippen LogP contribution in [0, 0.1) is 16.7 Å². The van der Waals surface area contributed by atoms with Crippen LogP contribution in [0.25, 0.3) is 5.57 Å². The van der Waals surface area contributed by atoms with E-state index in [1.807, 2.05) is 0 Å². The van der Waals surface area contributed by atoms with Crippen LogP contribution in [0.1, 0.15) is 17.5 Å². The zero-order valence-corrected chi connectivity index (χ0v) is 20.5. The molecule has 0 saturated heterocycles. The Kier molecular flexibility index (Phi) is 6.10. The van der Waals surface area contributed by atoms with E-state index < -0.39 is 32.8 Å². The van der Waals surface area contributed by atoms with Crippen molar-refractivity contribution in [1.29, 1.82) is 5.26 Å². The molecule has 11 heteroatoms. The number of benzene rings is 2. The number of amides is 1. The van der Waals surface area contributed by atoms with Gasteiger partial charge in [0.05, 0.1) is 19.4 Å². The topological polar surface area (TPSA) is 135 Å². The highest BCUT2D eigenvalue weighted by Crippen LogP contribution is 2.56. The van der Waals surface area contributed by atoms with E-state index in [1.165, 1.54) is 44.5 Å². The van der Waals surface area contributed by atoms with Crippen LogP contribution >= 0.6 is 0 Å². The second kappa shape index (κ2) is 8.80. The van der Waals surface area contributed by atoms with Crippen LogP contribution in [0.3, 0.4) is 0 Å². The first-order valence-electron chi connectivity index (χ1n) is 10.7.